The van der Waals surface area contributed by atoms with Crippen LogP contribution in [-0.4, -0.2) is 42.9 Å². The van der Waals surface area contributed by atoms with Gasteiger partial charge in [-0.25, -0.2) is 4.79 Å². The predicted molar refractivity (Wildman–Crippen MR) is 87.2 cm³/mol. The third-order valence-electron chi connectivity index (χ3n) is 3.77. The van der Waals surface area contributed by atoms with Gasteiger partial charge in [-0.2, -0.15) is 14.5 Å². The van der Waals surface area contributed by atoms with Crippen LogP contribution in [0.15, 0.2) is 17.4 Å². The molecule has 1 saturated heterocycles. The largest absolute Gasteiger partial charge is 0.324 e. The van der Waals surface area contributed by atoms with Crippen molar-refractivity contribution in [3.8, 4) is 0 Å². The number of aromatic nitrogens is 4. The van der Waals surface area contributed by atoms with Gasteiger partial charge in [0, 0.05) is 31.3 Å². The van der Waals surface area contributed by atoms with E-state index in [0.717, 1.165) is 31.5 Å². The van der Waals surface area contributed by atoms with Gasteiger partial charge >= 0.3 is 6.03 Å². The molecule has 1 N–H and O–H groups in total. The molecule has 0 aromatic carbocycles. The van der Waals surface area contributed by atoms with Crippen molar-refractivity contribution >= 4 is 34.5 Å². The molecule has 3 rings (SSSR count). The third-order valence-corrected chi connectivity index (χ3v) is 5.06. The van der Waals surface area contributed by atoms with E-state index in [9.17, 15) is 4.79 Å². The number of anilines is 1. The Balaban J connectivity index is 1.75. The normalized spacial score (nSPS) is 18.5. The molecule has 1 aliphatic heterocycles. The maximum Gasteiger partial charge on any atom is 0.324 e. The second kappa shape index (κ2) is 6.66. The van der Waals surface area contributed by atoms with Crippen LogP contribution in [0, 0.1) is 0 Å². The van der Waals surface area contributed by atoms with E-state index in [0.29, 0.717) is 10.3 Å². The molecule has 2 aromatic rings. The molecule has 0 radical (unpaired) electrons. The summed E-state index contributed by atoms with van der Waals surface area (Å²) in [6.45, 7) is 0.746. The third kappa shape index (κ3) is 3.09. The number of hydrogen-bond donors (Lipinski definition) is 1. The average Bonchev–Trinajstić information content (AvgIpc) is 3.16. The van der Waals surface area contributed by atoms with Crippen LogP contribution < -0.4 is 5.32 Å². The molecule has 118 valence electrons. The number of rotatable bonds is 3. The first-order valence-corrected chi connectivity index (χ1v) is 9.12. The minimum atomic E-state index is -0.116. The van der Waals surface area contributed by atoms with Crippen LogP contribution in [0.25, 0.3) is 0 Å². The SMILES string of the molecule is CSc1nsc(NC(=O)N2CCCC[C@H]2c2ccnn2C)n1. The van der Waals surface area contributed by atoms with Gasteiger partial charge in [0.2, 0.25) is 10.3 Å². The van der Waals surface area contributed by atoms with Crippen molar-refractivity contribution in [2.45, 2.75) is 30.5 Å². The second-order valence-electron chi connectivity index (χ2n) is 5.10. The zero-order valence-electron chi connectivity index (χ0n) is 12.5. The average molecular weight is 338 g/mol. The Morgan fingerprint density at radius 1 is 1.50 bits per heavy atom. The molecule has 2 aromatic heterocycles. The summed E-state index contributed by atoms with van der Waals surface area (Å²) in [5.41, 5.74) is 1.07. The minimum Gasteiger partial charge on any atom is -0.316 e. The molecule has 1 atom stereocenters. The molecule has 0 saturated carbocycles. The Kier molecular flexibility index (Phi) is 4.63. The molecule has 22 heavy (non-hydrogen) atoms. The highest BCUT2D eigenvalue weighted by Crippen LogP contribution is 2.31. The zero-order valence-corrected chi connectivity index (χ0v) is 14.2. The Bertz CT molecular complexity index is 655. The lowest BCUT2D eigenvalue weighted by Gasteiger charge is -2.35. The summed E-state index contributed by atoms with van der Waals surface area (Å²) < 4.78 is 6.00. The Labute approximate surface area is 137 Å². The first-order chi connectivity index (χ1) is 10.7. The lowest BCUT2D eigenvalue weighted by atomic mass is 10.00. The number of piperidine rings is 1. The van der Waals surface area contributed by atoms with E-state index in [-0.39, 0.29) is 12.1 Å². The Morgan fingerprint density at radius 3 is 3.05 bits per heavy atom. The maximum absolute atomic E-state index is 12.6. The zero-order chi connectivity index (χ0) is 15.5. The Morgan fingerprint density at radius 2 is 2.36 bits per heavy atom. The number of thioether (sulfide) groups is 1. The van der Waals surface area contributed by atoms with E-state index in [1.54, 1.807) is 6.20 Å². The Hall–Kier alpha value is -1.61. The van der Waals surface area contributed by atoms with Gasteiger partial charge in [0.15, 0.2) is 0 Å². The summed E-state index contributed by atoms with van der Waals surface area (Å²) in [6.07, 6.45) is 6.79. The highest BCUT2D eigenvalue weighted by Gasteiger charge is 2.30. The number of hydrogen-bond acceptors (Lipinski definition) is 6. The molecule has 0 bridgehead atoms. The molecule has 0 aliphatic carbocycles. The topological polar surface area (TPSA) is 75.9 Å². The number of carbonyl (C=O) groups excluding carboxylic acids is 1. The van der Waals surface area contributed by atoms with Gasteiger partial charge in [0.05, 0.1) is 11.7 Å². The molecule has 1 fully saturated rings. The van der Waals surface area contributed by atoms with Crippen molar-refractivity contribution in [1.29, 1.82) is 0 Å². The molecular weight excluding hydrogens is 320 g/mol. The van der Waals surface area contributed by atoms with Crippen molar-refractivity contribution in [1.82, 2.24) is 24.0 Å². The lowest BCUT2D eigenvalue weighted by Crippen LogP contribution is -2.41. The van der Waals surface area contributed by atoms with Gasteiger partial charge in [-0.05, 0) is 31.6 Å². The summed E-state index contributed by atoms with van der Waals surface area (Å²) in [4.78, 5) is 18.7. The molecule has 7 nitrogen and oxygen atoms in total. The van der Waals surface area contributed by atoms with Crippen LogP contribution >= 0.6 is 23.3 Å². The molecule has 0 unspecified atom stereocenters. The summed E-state index contributed by atoms with van der Waals surface area (Å²) in [6, 6.07) is 1.93. The first kappa shape index (κ1) is 15.3. The summed E-state index contributed by atoms with van der Waals surface area (Å²) >= 11 is 2.67. The fourth-order valence-electron chi connectivity index (χ4n) is 2.70. The van der Waals surface area contributed by atoms with Crippen LogP contribution in [0.4, 0.5) is 9.93 Å². The lowest BCUT2D eigenvalue weighted by molar-refractivity contribution is 0.159. The molecule has 3 heterocycles. The van der Waals surface area contributed by atoms with E-state index >= 15 is 0 Å². The molecule has 9 heteroatoms. The van der Waals surface area contributed by atoms with E-state index < -0.39 is 0 Å². The summed E-state index contributed by atoms with van der Waals surface area (Å²) in [5.74, 6) is 0. The van der Waals surface area contributed by atoms with Crippen LogP contribution in [-0.2, 0) is 7.05 Å². The number of aryl methyl sites for hydroxylation is 1. The van der Waals surface area contributed by atoms with Crippen molar-refractivity contribution in [2.75, 3.05) is 18.1 Å². The number of amides is 2. The fraction of sp³-hybridized carbons (Fsp3) is 0.538. The van der Waals surface area contributed by atoms with Crippen molar-refractivity contribution in [3.05, 3.63) is 18.0 Å². The van der Waals surface area contributed by atoms with Gasteiger partial charge in [0.1, 0.15) is 0 Å². The second-order valence-corrected chi connectivity index (χ2v) is 6.63. The predicted octanol–water partition coefficient (Wildman–Crippen LogP) is 2.75. The number of nitrogens with one attached hydrogen (secondary N) is 1. The smallest absolute Gasteiger partial charge is 0.316 e. The van der Waals surface area contributed by atoms with Gasteiger partial charge in [-0.1, -0.05) is 11.8 Å². The number of nitrogens with zero attached hydrogens (tertiary/aromatic N) is 5. The van der Waals surface area contributed by atoms with Crippen molar-refractivity contribution in [3.63, 3.8) is 0 Å². The monoisotopic (exact) mass is 338 g/mol. The molecule has 2 amide bonds. The van der Waals surface area contributed by atoms with Crippen LogP contribution in [0.2, 0.25) is 0 Å². The standard InChI is InChI=1S/C13H18N6OS2/c1-18-9(6-7-14-18)10-5-3-4-8-19(10)13(20)16-11-15-12(21-2)17-22-11/h6-7,10H,3-5,8H2,1-2H3,(H,15,16,17,20)/t10-/m0/s1. The fourth-order valence-corrected chi connectivity index (χ4v) is 3.82. The number of likely N-dealkylation sites (tertiary alicyclic amines) is 1. The van der Waals surface area contributed by atoms with E-state index in [1.807, 2.05) is 29.0 Å². The van der Waals surface area contributed by atoms with Crippen molar-refractivity contribution in [2.24, 2.45) is 7.05 Å². The number of carbonyl (C=O) groups is 1. The highest BCUT2D eigenvalue weighted by molar-refractivity contribution is 7.98. The van der Waals surface area contributed by atoms with Crippen LogP contribution in [0.5, 0.6) is 0 Å². The van der Waals surface area contributed by atoms with Crippen LogP contribution in [0.1, 0.15) is 31.0 Å². The maximum atomic E-state index is 12.6. The summed E-state index contributed by atoms with van der Waals surface area (Å²) in [7, 11) is 1.91. The van der Waals surface area contributed by atoms with Crippen LogP contribution in [0.3, 0.4) is 0 Å². The van der Waals surface area contributed by atoms with E-state index in [1.165, 1.54) is 23.3 Å². The molecule has 0 spiro atoms. The number of urea groups is 1. The van der Waals surface area contributed by atoms with E-state index in [2.05, 4.69) is 19.8 Å². The van der Waals surface area contributed by atoms with Gasteiger partial charge in [-0.3, -0.25) is 10.00 Å². The minimum absolute atomic E-state index is 0.0641. The first-order valence-electron chi connectivity index (χ1n) is 7.12. The van der Waals surface area contributed by atoms with Gasteiger partial charge < -0.3 is 4.90 Å². The molecule has 1 aliphatic rings. The quantitative estimate of drug-likeness (QED) is 0.871. The highest BCUT2D eigenvalue weighted by atomic mass is 32.2. The van der Waals surface area contributed by atoms with Gasteiger partial charge in [0.25, 0.3) is 0 Å². The van der Waals surface area contributed by atoms with Gasteiger partial charge in [-0.15, -0.1) is 0 Å². The molecular formula is C13H18N6OS2. The van der Waals surface area contributed by atoms with Crippen molar-refractivity contribution < 1.29 is 4.79 Å². The summed E-state index contributed by atoms with van der Waals surface area (Å²) in [5, 5.41) is 8.31. The van der Waals surface area contributed by atoms with E-state index in [4.69, 9.17) is 0 Å².